The molecule has 0 spiro atoms. The van der Waals surface area contributed by atoms with E-state index in [0.717, 1.165) is 31.7 Å². The third kappa shape index (κ3) is 4.98. The minimum absolute atomic E-state index is 0.170. The highest BCUT2D eigenvalue weighted by Crippen LogP contribution is 2.28. The lowest BCUT2D eigenvalue weighted by Gasteiger charge is -2.35. The van der Waals surface area contributed by atoms with Gasteiger partial charge in [-0.15, -0.1) is 0 Å². The zero-order valence-corrected chi connectivity index (χ0v) is 15.2. The minimum Gasteiger partial charge on any atom is -0.478 e. The quantitative estimate of drug-likeness (QED) is 0.843. The lowest BCUT2D eigenvalue weighted by Crippen LogP contribution is -2.44. The Kier molecular flexibility index (Phi) is 5.93. The molecule has 142 valence electrons. The number of ether oxygens (including phenoxy) is 1. The standard InChI is InChI=1S/C20H23N3O4/c1-22-9-11-23(12-10-22)18-13-16(19(24)25)7-8-17(18)21-20(26)27-14-15-5-3-2-4-6-15/h2-8,13H,9-12,14H2,1H3,(H,21,26)(H,24,25). The fraction of sp³-hybridized carbons (Fsp3) is 0.300. The lowest BCUT2D eigenvalue weighted by atomic mass is 10.1. The van der Waals surface area contributed by atoms with Gasteiger partial charge in [0.15, 0.2) is 0 Å². The van der Waals surface area contributed by atoms with E-state index in [1.807, 2.05) is 37.4 Å². The monoisotopic (exact) mass is 369 g/mol. The Hall–Kier alpha value is -3.06. The number of carbonyl (C=O) groups is 2. The van der Waals surface area contributed by atoms with Crippen LogP contribution in [-0.2, 0) is 11.3 Å². The molecule has 2 aromatic carbocycles. The van der Waals surface area contributed by atoms with Gasteiger partial charge in [0.2, 0.25) is 0 Å². The second-order valence-corrected chi connectivity index (χ2v) is 6.51. The van der Waals surface area contributed by atoms with Gasteiger partial charge in [-0.05, 0) is 30.8 Å². The largest absolute Gasteiger partial charge is 0.478 e. The maximum absolute atomic E-state index is 12.2. The molecule has 0 aliphatic carbocycles. The van der Waals surface area contributed by atoms with E-state index in [9.17, 15) is 14.7 Å². The van der Waals surface area contributed by atoms with Gasteiger partial charge >= 0.3 is 12.1 Å². The molecule has 0 aromatic heterocycles. The van der Waals surface area contributed by atoms with Crippen LogP contribution in [0.4, 0.5) is 16.2 Å². The van der Waals surface area contributed by atoms with E-state index in [-0.39, 0.29) is 12.2 Å². The number of likely N-dealkylation sites (N-methyl/N-ethyl adjacent to an activating group) is 1. The number of carbonyl (C=O) groups excluding carboxylic acids is 1. The summed E-state index contributed by atoms with van der Waals surface area (Å²) >= 11 is 0. The number of benzene rings is 2. The van der Waals surface area contributed by atoms with Crippen LogP contribution in [0.25, 0.3) is 0 Å². The van der Waals surface area contributed by atoms with Crippen molar-refractivity contribution in [3.05, 3.63) is 59.7 Å². The van der Waals surface area contributed by atoms with E-state index < -0.39 is 12.1 Å². The van der Waals surface area contributed by atoms with Crippen molar-refractivity contribution in [2.75, 3.05) is 43.4 Å². The molecule has 0 bridgehead atoms. The number of amides is 1. The molecule has 2 aromatic rings. The molecule has 0 saturated carbocycles. The molecular formula is C20H23N3O4. The van der Waals surface area contributed by atoms with Gasteiger partial charge < -0.3 is 19.6 Å². The predicted octanol–water partition coefficient (Wildman–Crippen LogP) is 2.89. The molecule has 7 heteroatoms. The van der Waals surface area contributed by atoms with Crippen molar-refractivity contribution >= 4 is 23.4 Å². The van der Waals surface area contributed by atoms with Gasteiger partial charge in [-0.2, -0.15) is 0 Å². The summed E-state index contributed by atoms with van der Waals surface area (Å²) in [5, 5.41) is 12.0. The first-order valence-corrected chi connectivity index (χ1v) is 8.81. The molecule has 1 aliphatic rings. The Morgan fingerprint density at radius 1 is 1.07 bits per heavy atom. The molecule has 3 rings (SSSR count). The Bertz CT molecular complexity index is 802. The maximum atomic E-state index is 12.2. The first-order valence-electron chi connectivity index (χ1n) is 8.81. The maximum Gasteiger partial charge on any atom is 0.412 e. The highest BCUT2D eigenvalue weighted by atomic mass is 16.5. The number of carboxylic acids is 1. The smallest absolute Gasteiger partial charge is 0.412 e. The van der Waals surface area contributed by atoms with E-state index in [2.05, 4.69) is 15.1 Å². The zero-order valence-electron chi connectivity index (χ0n) is 15.2. The fourth-order valence-electron chi connectivity index (χ4n) is 2.95. The van der Waals surface area contributed by atoms with E-state index >= 15 is 0 Å². The summed E-state index contributed by atoms with van der Waals surface area (Å²) in [7, 11) is 2.05. The highest BCUT2D eigenvalue weighted by molar-refractivity contribution is 5.94. The summed E-state index contributed by atoms with van der Waals surface area (Å²) < 4.78 is 5.28. The number of carboxylic acid groups (broad SMARTS) is 1. The van der Waals surface area contributed by atoms with E-state index in [0.29, 0.717) is 11.4 Å². The Balaban J connectivity index is 1.73. The van der Waals surface area contributed by atoms with E-state index in [4.69, 9.17) is 4.74 Å². The SMILES string of the molecule is CN1CCN(c2cc(C(=O)O)ccc2NC(=O)OCc2ccccc2)CC1. The van der Waals surface area contributed by atoms with Crippen molar-refractivity contribution in [3.8, 4) is 0 Å². The van der Waals surface area contributed by atoms with Crippen LogP contribution in [0.15, 0.2) is 48.5 Å². The van der Waals surface area contributed by atoms with Crippen molar-refractivity contribution in [1.29, 1.82) is 0 Å². The molecule has 7 nitrogen and oxygen atoms in total. The van der Waals surface area contributed by atoms with E-state index in [1.165, 1.54) is 6.07 Å². The summed E-state index contributed by atoms with van der Waals surface area (Å²) in [6.45, 7) is 3.43. The molecule has 2 N–H and O–H groups in total. The first kappa shape index (κ1) is 18.7. The molecule has 1 heterocycles. The lowest BCUT2D eigenvalue weighted by molar-refractivity contribution is 0.0697. The summed E-state index contributed by atoms with van der Waals surface area (Å²) in [5.41, 5.74) is 2.32. The number of hydrogen-bond acceptors (Lipinski definition) is 5. The second-order valence-electron chi connectivity index (χ2n) is 6.51. The number of piperazine rings is 1. The van der Waals surface area contributed by atoms with Gasteiger partial charge in [0, 0.05) is 26.2 Å². The Morgan fingerprint density at radius 3 is 2.44 bits per heavy atom. The molecule has 0 unspecified atom stereocenters. The van der Waals surface area contributed by atoms with Crippen LogP contribution in [0, 0.1) is 0 Å². The van der Waals surface area contributed by atoms with Crippen molar-refractivity contribution in [3.63, 3.8) is 0 Å². The molecular weight excluding hydrogens is 346 g/mol. The first-order chi connectivity index (χ1) is 13.0. The normalized spacial score (nSPS) is 14.6. The van der Waals surface area contributed by atoms with Crippen molar-refractivity contribution in [2.24, 2.45) is 0 Å². The van der Waals surface area contributed by atoms with Gasteiger partial charge in [0.05, 0.1) is 16.9 Å². The number of rotatable bonds is 5. The summed E-state index contributed by atoms with van der Waals surface area (Å²) in [6, 6.07) is 14.1. The van der Waals surface area contributed by atoms with Crippen LogP contribution in [0.3, 0.4) is 0 Å². The molecule has 1 fully saturated rings. The minimum atomic E-state index is -0.997. The van der Waals surface area contributed by atoms with Crippen LogP contribution >= 0.6 is 0 Å². The van der Waals surface area contributed by atoms with Gasteiger partial charge in [0.1, 0.15) is 6.61 Å². The Labute approximate surface area is 158 Å². The van der Waals surface area contributed by atoms with Gasteiger partial charge in [-0.25, -0.2) is 9.59 Å². The number of aromatic carboxylic acids is 1. The molecule has 1 amide bonds. The van der Waals surface area contributed by atoms with Crippen LogP contribution in [0.2, 0.25) is 0 Å². The molecule has 1 saturated heterocycles. The van der Waals surface area contributed by atoms with Crippen LogP contribution < -0.4 is 10.2 Å². The number of anilines is 2. The number of nitrogens with one attached hydrogen (secondary N) is 1. The van der Waals surface area contributed by atoms with Crippen LogP contribution in [-0.4, -0.2) is 55.3 Å². The van der Waals surface area contributed by atoms with Gasteiger partial charge in [-0.1, -0.05) is 30.3 Å². The van der Waals surface area contributed by atoms with Crippen molar-refractivity contribution in [1.82, 2.24) is 4.90 Å². The summed E-state index contributed by atoms with van der Waals surface area (Å²) in [6.07, 6.45) is -0.572. The molecule has 27 heavy (non-hydrogen) atoms. The third-order valence-corrected chi connectivity index (χ3v) is 4.54. The van der Waals surface area contributed by atoms with Crippen LogP contribution in [0.1, 0.15) is 15.9 Å². The number of hydrogen-bond donors (Lipinski definition) is 2. The topological polar surface area (TPSA) is 82.1 Å². The van der Waals surface area contributed by atoms with E-state index in [1.54, 1.807) is 12.1 Å². The second kappa shape index (κ2) is 8.55. The fourth-order valence-corrected chi connectivity index (χ4v) is 2.95. The van der Waals surface area contributed by atoms with Crippen molar-refractivity contribution < 1.29 is 19.4 Å². The molecule has 0 atom stereocenters. The summed E-state index contributed by atoms with van der Waals surface area (Å²) in [5.74, 6) is -0.997. The highest BCUT2D eigenvalue weighted by Gasteiger charge is 2.20. The molecule has 0 radical (unpaired) electrons. The average Bonchev–Trinajstić information content (AvgIpc) is 2.68. The summed E-state index contributed by atoms with van der Waals surface area (Å²) in [4.78, 5) is 27.8. The Morgan fingerprint density at radius 2 is 1.78 bits per heavy atom. The van der Waals surface area contributed by atoms with Crippen molar-refractivity contribution in [2.45, 2.75) is 6.61 Å². The average molecular weight is 369 g/mol. The predicted molar refractivity (Wildman–Crippen MR) is 103 cm³/mol. The van der Waals surface area contributed by atoms with Gasteiger partial charge in [0.25, 0.3) is 0 Å². The zero-order chi connectivity index (χ0) is 19.2. The third-order valence-electron chi connectivity index (χ3n) is 4.54. The van der Waals surface area contributed by atoms with Crippen LogP contribution in [0.5, 0.6) is 0 Å². The molecule has 1 aliphatic heterocycles. The number of nitrogens with zero attached hydrogens (tertiary/aromatic N) is 2. The van der Waals surface area contributed by atoms with Gasteiger partial charge in [-0.3, -0.25) is 5.32 Å².